The number of fused-ring (bicyclic) bond motifs is 1. The molecular formula is C23H30N4O. The van der Waals surface area contributed by atoms with Crippen molar-refractivity contribution in [3.8, 4) is 0 Å². The minimum absolute atomic E-state index is 0.00500. The number of rotatable bonds is 7. The Morgan fingerprint density at radius 2 is 1.75 bits per heavy atom. The van der Waals surface area contributed by atoms with Gasteiger partial charge in [-0.2, -0.15) is 0 Å². The highest BCUT2D eigenvalue weighted by Gasteiger charge is 2.32. The Bertz CT molecular complexity index is 892. The molecule has 5 heteroatoms. The van der Waals surface area contributed by atoms with Crippen molar-refractivity contribution in [2.45, 2.75) is 40.7 Å². The zero-order valence-corrected chi connectivity index (χ0v) is 17.5. The van der Waals surface area contributed by atoms with Gasteiger partial charge in [0, 0.05) is 31.9 Å². The van der Waals surface area contributed by atoms with Crippen molar-refractivity contribution in [1.29, 1.82) is 0 Å². The number of carbonyl (C=O) groups excluding carboxylic acids is 1. The van der Waals surface area contributed by atoms with Gasteiger partial charge in [-0.25, -0.2) is 4.98 Å². The van der Waals surface area contributed by atoms with E-state index >= 15 is 0 Å². The molecule has 0 saturated heterocycles. The van der Waals surface area contributed by atoms with Gasteiger partial charge in [0.2, 0.25) is 5.95 Å². The Kier molecular flexibility index (Phi) is 5.73. The molecule has 0 aliphatic carbocycles. The summed E-state index contributed by atoms with van der Waals surface area (Å²) in [5.74, 6) is 0.863. The largest absolute Gasteiger partial charge is 0.330 e. The van der Waals surface area contributed by atoms with Gasteiger partial charge in [-0.3, -0.25) is 4.79 Å². The SMILES string of the molecule is C=CCN(CC=C)C(=O)c1c(CC)nc2n1CCN2c1c(C)cc(C)cc1C. The van der Waals surface area contributed by atoms with Gasteiger partial charge in [0.05, 0.1) is 5.69 Å². The number of benzene rings is 1. The topological polar surface area (TPSA) is 41.4 Å². The van der Waals surface area contributed by atoms with Crippen LogP contribution in [0.15, 0.2) is 37.4 Å². The lowest BCUT2D eigenvalue weighted by atomic mass is 10.0. The quantitative estimate of drug-likeness (QED) is 0.673. The molecule has 0 bridgehead atoms. The van der Waals surface area contributed by atoms with Crippen LogP contribution in [-0.2, 0) is 13.0 Å². The lowest BCUT2D eigenvalue weighted by Gasteiger charge is -2.22. The van der Waals surface area contributed by atoms with Gasteiger partial charge in [-0.05, 0) is 38.3 Å². The predicted molar refractivity (Wildman–Crippen MR) is 116 cm³/mol. The first kappa shape index (κ1) is 19.9. The number of aryl methyl sites for hydroxylation is 4. The number of amides is 1. The molecule has 148 valence electrons. The van der Waals surface area contributed by atoms with Crippen molar-refractivity contribution in [2.75, 3.05) is 24.5 Å². The first-order valence-corrected chi connectivity index (χ1v) is 9.88. The summed E-state index contributed by atoms with van der Waals surface area (Å²) in [7, 11) is 0. The minimum atomic E-state index is -0.00500. The second-order valence-electron chi connectivity index (χ2n) is 7.40. The van der Waals surface area contributed by atoms with E-state index < -0.39 is 0 Å². The van der Waals surface area contributed by atoms with E-state index in [0.717, 1.165) is 31.2 Å². The van der Waals surface area contributed by atoms with E-state index in [-0.39, 0.29) is 5.91 Å². The van der Waals surface area contributed by atoms with Crippen LogP contribution in [0, 0.1) is 20.8 Å². The molecule has 0 atom stereocenters. The molecule has 1 aromatic carbocycles. The molecule has 1 aromatic heterocycles. The van der Waals surface area contributed by atoms with Crippen LogP contribution >= 0.6 is 0 Å². The van der Waals surface area contributed by atoms with Crippen molar-refractivity contribution >= 4 is 17.5 Å². The Hall–Kier alpha value is -2.82. The fourth-order valence-electron chi connectivity index (χ4n) is 4.20. The molecule has 2 heterocycles. The van der Waals surface area contributed by atoms with Crippen LogP contribution < -0.4 is 4.90 Å². The smallest absolute Gasteiger partial charge is 0.273 e. The maximum absolute atomic E-state index is 13.3. The van der Waals surface area contributed by atoms with Gasteiger partial charge in [0.25, 0.3) is 5.91 Å². The number of carbonyl (C=O) groups is 1. The fourth-order valence-corrected chi connectivity index (χ4v) is 4.20. The Labute approximate surface area is 168 Å². The van der Waals surface area contributed by atoms with E-state index in [2.05, 4.69) is 55.5 Å². The number of aromatic nitrogens is 2. The van der Waals surface area contributed by atoms with Crippen molar-refractivity contribution in [1.82, 2.24) is 14.5 Å². The molecule has 0 saturated carbocycles. The third-order valence-electron chi connectivity index (χ3n) is 5.24. The van der Waals surface area contributed by atoms with Crippen LogP contribution in [0.1, 0.15) is 39.8 Å². The van der Waals surface area contributed by atoms with Crippen molar-refractivity contribution in [3.05, 3.63) is 65.5 Å². The fraction of sp³-hybridized carbons (Fsp3) is 0.391. The van der Waals surface area contributed by atoms with Crippen LogP contribution in [0.4, 0.5) is 11.6 Å². The minimum Gasteiger partial charge on any atom is -0.330 e. The monoisotopic (exact) mass is 378 g/mol. The molecule has 1 aliphatic heterocycles. The maximum atomic E-state index is 13.3. The zero-order chi connectivity index (χ0) is 20.4. The third-order valence-corrected chi connectivity index (χ3v) is 5.24. The number of hydrogen-bond donors (Lipinski definition) is 0. The van der Waals surface area contributed by atoms with Gasteiger partial charge < -0.3 is 14.4 Å². The highest BCUT2D eigenvalue weighted by molar-refractivity contribution is 5.95. The number of hydrogen-bond acceptors (Lipinski definition) is 3. The Morgan fingerprint density at radius 1 is 1.14 bits per heavy atom. The van der Waals surface area contributed by atoms with Crippen LogP contribution in [0.2, 0.25) is 0 Å². The van der Waals surface area contributed by atoms with Gasteiger partial charge in [0.1, 0.15) is 5.69 Å². The van der Waals surface area contributed by atoms with Crippen LogP contribution in [-0.4, -0.2) is 40.0 Å². The summed E-state index contributed by atoms with van der Waals surface area (Å²) < 4.78 is 2.08. The average molecular weight is 379 g/mol. The van der Waals surface area contributed by atoms with Gasteiger partial charge in [-0.15, -0.1) is 13.2 Å². The van der Waals surface area contributed by atoms with Crippen LogP contribution in [0.3, 0.4) is 0 Å². The third kappa shape index (κ3) is 3.37. The first-order valence-electron chi connectivity index (χ1n) is 9.88. The number of anilines is 2. The van der Waals surface area contributed by atoms with Crippen LogP contribution in [0.5, 0.6) is 0 Å². The highest BCUT2D eigenvalue weighted by Crippen LogP contribution is 2.36. The lowest BCUT2D eigenvalue weighted by molar-refractivity contribution is 0.0779. The summed E-state index contributed by atoms with van der Waals surface area (Å²) in [6.07, 6.45) is 4.22. The predicted octanol–water partition coefficient (Wildman–Crippen LogP) is 4.34. The summed E-state index contributed by atoms with van der Waals surface area (Å²) in [6.45, 7) is 18.6. The van der Waals surface area contributed by atoms with E-state index in [0.29, 0.717) is 18.8 Å². The van der Waals surface area contributed by atoms with Crippen molar-refractivity contribution < 1.29 is 4.79 Å². The molecule has 2 aromatic rings. The lowest BCUT2D eigenvalue weighted by Crippen LogP contribution is -2.33. The molecule has 1 aliphatic rings. The summed E-state index contributed by atoms with van der Waals surface area (Å²) in [5.41, 5.74) is 6.48. The standard InChI is InChI=1S/C23H30N4O/c1-7-10-25(11-8-2)22(28)21-19(9-3)24-23-26(12-13-27(21)23)20-17(5)14-16(4)15-18(20)6/h7-8,14-15H,1-2,9-13H2,3-6H3. The second-order valence-corrected chi connectivity index (χ2v) is 7.40. The molecule has 0 fully saturated rings. The van der Waals surface area contributed by atoms with Gasteiger partial charge in [-0.1, -0.05) is 36.8 Å². The molecule has 0 spiro atoms. The zero-order valence-electron chi connectivity index (χ0n) is 17.5. The van der Waals surface area contributed by atoms with E-state index in [9.17, 15) is 4.79 Å². The average Bonchev–Trinajstić information content (AvgIpc) is 3.19. The maximum Gasteiger partial charge on any atom is 0.273 e. The molecule has 1 amide bonds. The summed E-state index contributed by atoms with van der Waals surface area (Å²) in [4.78, 5) is 22.2. The molecule has 0 unspecified atom stereocenters. The van der Waals surface area contributed by atoms with E-state index in [1.807, 2.05) is 6.92 Å². The Balaban J connectivity index is 2.07. The molecule has 0 radical (unpaired) electrons. The normalized spacial score (nSPS) is 12.8. The molecule has 0 N–H and O–H groups in total. The van der Waals surface area contributed by atoms with E-state index in [1.54, 1.807) is 17.1 Å². The summed E-state index contributed by atoms with van der Waals surface area (Å²) in [5, 5.41) is 0. The highest BCUT2D eigenvalue weighted by atomic mass is 16.2. The van der Waals surface area contributed by atoms with E-state index in [1.165, 1.54) is 22.4 Å². The summed E-state index contributed by atoms with van der Waals surface area (Å²) in [6, 6.07) is 4.41. The van der Waals surface area contributed by atoms with Gasteiger partial charge in [0.15, 0.2) is 0 Å². The summed E-state index contributed by atoms with van der Waals surface area (Å²) >= 11 is 0. The van der Waals surface area contributed by atoms with E-state index in [4.69, 9.17) is 4.98 Å². The van der Waals surface area contributed by atoms with Crippen molar-refractivity contribution in [2.24, 2.45) is 0 Å². The van der Waals surface area contributed by atoms with Crippen LogP contribution in [0.25, 0.3) is 0 Å². The molecule has 5 nitrogen and oxygen atoms in total. The Morgan fingerprint density at radius 3 is 2.29 bits per heavy atom. The number of nitrogens with zero attached hydrogens (tertiary/aromatic N) is 4. The molecule has 28 heavy (non-hydrogen) atoms. The second kappa shape index (κ2) is 8.05. The number of imidazole rings is 1. The van der Waals surface area contributed by atoms with Crippen molar-refractivity contribution in [3.63, 3.8) is 0 Å². The molecule has 3 rings (SSSR count). The van der Waals surface area contributed by atoms with Gasteiger partial charge >= 0.3 is 0 Å². The molecular weight excluding hydrogens is 348 g/mol. The first-order chi connectivity index (χ1) is 13.4.